The Labute approximate surface area is 61.1 Å². The highest BCUT2D eigenvalue weighted by Gasteiger charge is 2.33. The van der Waals surface area contributed by atoms with Gasteiger partial charge in [0.25, 0.3) is 0 Å². The van der Waals surface area contributed by atoms with E-state index in [0.717, 1.165) is 12.8 Å². The molecule has 1 fully saturated rings. The predicted octanol–water partition coefficient (Wildman–Crippen LogP) is 1.93. The number of hydrogen-bond acceptors (Lipinski definition) is 1. The Morgan fingerprint density at radius 3 is 3.10 bits per heavy atom. The summed E-state index contributed by atoms with van der Waals surface area (Å²) in [5.74, 6) is 1.49. The molecule has 10 heavy (non-hydrogen) atoms. The van der Waals surface area contributed by atoms with Crippen molar-refractivity contribution in [2.45, 2.75) is 25.7 Å². The summed E-state index contributed by atoms with van der Waals surface area (Å²) in [7, 11) is 0. The molecule has 0 aliphatic heterocycles. The van der Waals surface area contributed by atoms with Crippen LogP contribution in [0.15, 0.2) is 12.2 Å². The zero-order valence-electron chi connectivity index (χ0n) is 6.05. The van der Waals surface area contributed by atoms with E-state index in [4.69, 9.17) is 0 Å². The van der Waals surface area contributed by atoms with E-state index in [1.165, 1.54) is 12.8 Å². The highest BCUT2D eigenvalue weighted by Crippen LogP contribution is 2.35. The van der Waals surface area contributed by atoms with Gasteiger partial charge in [-0.3, -0.25) is 4.79 Å². The highest BCUT2D eigenvalue weighted by atomic mass is 16.1. The van der Waals surface area contributed by atoms with Crippen molar-refractivity contribution in [2.24, 2.45) is 11.8 Å². The molecule has 2 rings (SSSR count). The van der Waals surface area contributed by atoms with Crippen LogP contribution in [0.2, 0.25) is 0 Å². The van der Waals surface area contributed by atoms with Gasteiger partial charge in [0.15, 0.2) is 0 Å². The summed E-state index contributed by atoms with van der Waals surface area (Å²) < 4.78 is 0. The van der Waals surface area contributed by atoms with Gasteiger partial charge in [0.05, 0.1) is 0 Å². The van der Waals surface area contributed by atoms with Gasteiger partial charge in [0.2, 0.25) is 0 Å². The topological polar surface area (TPSA) is 17.1 Å². The number of Topliss-reactive ketones (excluding diaryl/α,β-unsaturated/α-hetero) is 1. The molecule has 0 amide bonds. The highest BCUT2D eigenvalue weighted by molar-refractivity contribution is 5.85. The third-order valence-electron chi connectivity index (χ3n) is 2.69. The van der Waals surface area contributed by atoms with Crippen LogP contribution in [0.3, 0.4) is 0 Å². The van der Waals surface area contributed by atoms with E-state index >= 15 is 0 Å². The molecule has 2 atom stereocenters. The summed E-state index contributed by atoms with van der Waals surface area (Å²) in [5, 5.41) is 0. The van der Waals surface area contributed by atoms with E-state index in [-0.39, 0.29) is 0 Å². The lowest BCUT2D eigenvalue weighted by atomic mass is 9.87. The minimum absolute atomic E-state index is 0.314. The van der Waals surface area contributed by atoms with Crippen LogP contribution in [-0.2, 0) is 4.79 Å². The second-order valence-electron chi connectivity index (χ2n) is 3.30. The van der Waals surface area contributed by atoms with Crippen molar-refractivity contribution in [3.05, 3.63) is 12.2 Å². The van der Waals surface area contributed by atoms with Crippen LogP contribution in [-0.4, -0.2) is 5.78 Å². The van der Waals surface area contributed by atoms with E-state index in [1.54, 1.807) is 0 Å². The van der Waals surface area contributed by atoms with Crippen LogP contribution < -0.4 is 0 Å². The lowest BCUT2D eigenvalue weighted by molar-refractivity contribution is -0.120. The molecule has 1 heteroatoms. The Balaban J connectivity index is 2.21. The molecular formula is C9H12O. The summed E-state index contributed by atoms with van der Waals surface area (Å²) >= 11 is 0. The summed E-state index contributed by atoms with van der Waals surface area (Å²) in [6, 6.07) is 0. The number of hydrogen-bond donors (Lipinski definition) is 0. The van der Waals surface area contributed by atoms with Crippen LogP contribution in [0.5, 0.6) is 0 Å². The van der Waals surface area contributed by atoms with Crippen LogP contribution in [0.1, 0.15) is 25.7 Å². The van der Waals surface area contributed by atoms with Gasteiger partial charge in [-0.1, -0.05) is 12.2 Å². The van der Waals surface area contributed by atoms with Crippen LogP contribution in [0.25, 0.3) is 0 Å². The van der Waals surface area contributed by atoms with E-state index in [0.29, 0.717) is 17.6 Å². The van der Waals surface area contributed by atoms with E-state index in [9.17, 15) is 4.79 Å². The standard InChI is InChI=1S/C9H12O/c10-9-6-5-7-3-1-2-4-8(7)9/h2,4,7-8H,1,3,5-6H2. The fourth-order valence-corrected chi connectivity index (χ4v) is 2.08. The minimum atomic E-state index is 0.314. The zero-order chi connectivity index (χ0) is 6.97. The van der Waals surface area contributed by atoms with Crippen molar-refractivity contribution >= 4 is 5.78 Å². The quantitative estimate of drug-likeness (QED) is 0.465. The smallest absolute Gasteiger partial charge is 0.140 e. The van der Waals surface area contributed by atoms with Gasteiger partial charge in [0.1, 0.15) is 5.78 Å². The van der Waals surface area contributed by atoms with Gasteiger partial charge in [-0.25, -0.2) is 0 Å². The maximum absolute atomic E-state index is 11.2. The molecule has 54 valence electrons. The number of fused-ring (bicyclic) bond motifs is 1. The van der Waals surface area contributed by atoms with Crippen molar-refractivity contribution in [3.8, 4) is 0 Å². The molecule has 0 spiro atoms. The maximum Gasteiger partial charge on any atom is 0.140 e. The Kier molecular flexibility index (Phi) is 1.37. The average Bonchev–Trinajstić information content (AvgIpc) is 2.34. The van der Waals surface area contributed by atoms with Crippen LogP contribution in [0.4, 0.5) is 0 Å². The molecule has 2 aliphatic carbocycles. The molecule has 0 radical (unpaired) electrons. The van der Waals surface area contributed by atoms with Crippen molar-refractivity contribution in [3.63, 3.8) is 0 Å². The third-order valence-corrected chi connectivity index (χ3v) is 2.69. The predicted molar refractivity (Wildman–Crippen MR) is 39.6 cm³/mol. The first-order valence-corrected chi connectivity index (χ1v) is 4.07. The number of rotatable bonds is 0. The van der Waals surface area contributed by atoms with Crippen LogP contribution in [0, 0.1) is 11.8 Å². The number of carbonyl (C=O) groups excluding carboxylic acids is 1. The normalized spacial score (nSPS) is 38.2. The fourth-order valence-electron chi connectivity index (χ4n) is 2.08. The maximum atomic E-state index is 11.2. The lowest BCUT2D eigenvalue weighted by Gasteiger charge is -2.17. The Hall–Kier alpha value is -0.590. The number of ketones is 1. The summed E-state index contributed by atoms with van der Waals surface area (Å²) in [6.45, 7) is 0. The molecule has 0 aromatic carbocycles. The van der Waals surface area contributed by atoms with E-state index in [2.05, 4.69) is 12.2 Å². The first-order valence-electron chi connectivity index (χ1n) is 4.07. The minimum Gasteiger partial charge on any atom is -0.299 e. The van der Waals surface area contributed by atoms with Gasteiger partial charge in [0, 0.05) is 12.3 Å². The first kappa shape index (κ1) is 6.14. The summed E-state index contributed by atoms with van der Waals surface area (Å²) in [4.78, 5) is 11.2. The van der Waals surface area contributed by atoms with Gasteiger partial charge in [-0.05, 0) is 25.2 Å². The molecule has 0 saturated heterocycles. The molecular weight excluding hydrogens is 124 g/mol. The molecule has 0 aromatic heterocycles. The van der Waals surface area contributed by atoms with E-state index in [1.807, 2.05) is 0 Å². The number of allylic oxidation sites excluding steroid dienone is 2. The van der Waals surface area contributed by atoms with Crippen molar-refractivity contribution < 1.29 is 4.79 Å². The van der Waals surface area contributed by atoms with Gasteiger partial charge < -0.3 is 0 Å². The van der Waals surface area contributed by atoms with Gasteiger partial charge >= 0.3 is 0 Å². The number of carbonyl (C=O) groups is 1. The Morgan fingerprint density at radius 2 is 2.30 bits per heavy atom. The van der Waals surface area contributed by atoms with Gasteiger partial charge in [-0.15, -0.1) is 0 Å². The second-order valence-corrected chi connectivity index (χ2v) is 3.30. The molecule has 0 aromatic rings. The van der Waals surface area contributed by atoms with E-state index < -0.39 is 0 Å². The Bertz CT molecular complexity index is 179. The molecule has 2 aliphatic rings. The molecule has 2 unspecified atom stereocenters. The van der Waals surface area contributed by atoms with Crippen molar-refractivity contribution in [1.82, 2.24) is 0 Å². The molecule has 0 N–H and O–H groups in total. The monoisotopic (exact) mass is 136 g/mol. The summed E-state index contributed by atoms with van der Waals surface area (Å²) in [5.41, 5.74) is 0. The third kappa shape index (κ3) is 0.808. The SMILES string of the molecule is O=C1CCC2CCC=CC12. The summed E-state index contributed by atoms with van der Waals surface area (Å²) in [6.07, 6.45) is 8.68. The molecule has 1 nitrogen and oxygen atoms in total. The fraction of sp³-hybridized carbons (Fsp3) is 0.667. The lowest BCUT2D eigenvalue weighted by Crippen LogP contribution is -2.14. The van der Waals surface area contributed by atoms with Crippen molar-refractivity contribution in [1.29, 1.82) is 0 Å². The molecule has 0 bridgehead atoms. The van der Waals surface area contributed by atoms with Crippen molar-refractivity contribution in [2.75, 3.05) is 0 Å². The molecule has 0 heterocycles. The molecule has 1 saturated carbocycles. The van der Waals surface area contributed by atoms with Gasteiger partial charge in [-0.2, -0.15) is 0 Å². The Morgan fingerprint density at radius 1 is 1.40 bits per heavy atom. The largest absolute Gasteiger partial charge is 0.299 e. The zero-order valence-corrected chi connectivity index (χ0v) is 6.05. The average molecular weight is 136 g/mol. The van der Waals surface area contributed by atoms with Crippen LogP contribution >= 0.6 is 0 Å². The first-order chi connectivity index (χ1) is 4.88. The second kappa shape index (κ2) is 2.22.